The third-order valence-electron chi connectivity index (χ3n) is 2.89. The van der Waals surface area contributed by atoms with Gasteiger partial charge in [-0.3, -0.25) is 0 Å². The van der Waals surface area contributed by atoms with Crippen molar-refractivity contribution in [1.82, 2.24) is 0 Å². The molecule has 1 aromatic rings. The molecule has 4 heteroatoms. The first-order valence-electron chi connectivity index (χ1n) is 6.26. The van der Waals surface area contributed by atoms with E-state index < -0.39 is 5.97 Å². The average molecular weight is 263 g/mol. The number of methoxy groups -OCH3 is 1. The molecule has 19 heavy (non-hydrogen) atoms. The summed E-state index contributed by atoms with van der Waals surface area (Å²) in [6.45, 7) is 3.71. The van der Waals surface area contributed by atoms with E-state index >= 15 is 0 Å². The van der Waals surface area contributed by atoms with Crippen molar-refractivity contribution in [3.8, 4) is 0 Å². The summed E-state index contributed by atoms with van der Waals surface area (Å²) in [6, 6.07) is 5.93. The molecule has 0 aliphatic carbocycles. The van der Waals surface area contributed by atoms with Gasteiger partial charge < -0.3 is 14.7 Å². The number of hydrogen-bond acceptors (Lipinski definition) is 3. The van der Waals surface area contributed by atoms with E-state index in [-0.39, 0.29) is 0 Å². The summed E-state index contributed by atoms with van der Waals surface area (Å²) < 4.78 is 5.04. The van der Waals surface area contributed by atoms with Gasteiger partial charge in [0.2, 0.25) is 0 Å². The summed E-state index contributed by atoms with van der Waals surface area (Å²) in [4.78, 5) is 12.7. The Bertz CT molecular complexity index is 455. The van der Waals surface area contributed by atoms with Gasteiger partial charge in [0.25, 0.3) is 0 Å². The molecule has 0 saturated carbocycles. The maximum absolute atomic E-state index is 10.5. The summed E-state index contributed by atoms with van der Waals surface area (Å²) in [5, 5.41) is 8.60. The Hall–Kier alpha value is -1.81. The molecular weight excluding hydrogens is 242 g/mol. The Morgan fingerprint density at radius 2 is 2.21 bits per heavy atom. The fourth-order valence-electron chi connectivity index (χ4n) is 1.94. The van der Waals surface area contributed by atoms with Crippen molar-refractivity contribution in [3.63, 3.8) is 0 Å². The van der Waals surface area contributed by atoms with Crippen molar-refractivity contribution in [3.05, 3.63) is 35.4 Å². The van der Waals surface area contributed by atoms with Crippen LogP contribution in [0.4, 0.5) is 5.69 Å². The van der Waals surface area contributed by atoms with Gasteiger partial charge in [0, 0.05) is 39.1 Å². The highest BCUT2D eigenvalue weighted by atomic mass is 16.5. The van der Waals surface area contributed by atoms with Gasteiger partial charge in [-0.25, -0.2) is 4.79 Å². The van der Waals surface area contributed by atoms with E-state index in [2.05, 4.69) is 4.90 Å². The number of carboxylic acids is 1. The first-order chi connectivity index (χ1) is 9.04. The lowest BCUT2D eigenvalue weighted by atomic mass is 10.1. The highest BCUT2D eigenvalue weighted by Crippen LogP contribution is 2.21. The molecular formula is C15H21NO3. The van der Waals surface area contributed by atoms with Crippen LogP contribution in [-0.2, 0) is 9.53 Å². The molecule has 0 aromatic heterocycles. The Morgan fingerprint density at radius 3 is 2.79 bits per heavy atom. The van der Waals surface area contributed by atoms with Gasteiger partial charge in [-0.2, -0.15) is 0 Å². The largest absolute Gasteiger partial charge is 0.478 e. The number of aliphatic carboxylic acids is 1. The van der Waals surface area contributed by atoms with Crippen molar-refractivity contribution in [1.29, 1.82) is 0 Å². The highest BCUT2D eigenvalue weighted by molar-refractivity contribution is 5.85. The fraction of sp³-hybridized carbons (Fsp3) is 0.400. The maximum Gasteiger partial charge on any atom is 0.328 e. The molecule has 0 aliphatic heterocycles. The molecule has 0 atom stereocenters. The highest BCUT2D eigenvalue weighted by Gasteiger charge is 2.04. The molecule has 0 aliphatic rings. The molecule has 0 unspecified atom stereocenters. The standard InChI is InChI=1S/C15H21NO3/c1-12-11-13(6-8-15(17)18)5-7-14(12)16(2)9-4-10-19-3/h5-8,11H,4,9-10H2,1-3H3,(H,17,18)/b8-6+. The van der Waals surface area contributed by atoms with Gasteiger partial charge in [0.15, 0.2) is 0 Å². The minimum atomic E-state index is -0.932. The third kappa shape index (κ3) is 5.14. The summed E-state index contributed by atoms with van der Waals surface area (Å²) >= 11 is 0. The minimum Gasteiger partial charge on any atom is -0.478 e. The van der Waals surface area contributed by atoms with Crippen LogP contribution in [0.15, 0.2) is 24.3 Å². The predicted molar refractivity (Wildman–Crippen MR) is 77.6 cm³/mol. The zero-order valence-corrected chi connectivity index (χ0v) is 11.7. The molecule has 0 amide bonds. The van der Waals surface area contributed by atoms with Gasteiger partial charge in [-0.15, -0.1) is 0 Å². The smallest absolute Gasteiger partial charge is 0.328 e. The van der Waals surface area contributed by atoms with Crippen molar-refractivity contribution in [2.45, 2.75) is 13.3 Å². The van der Waals surface area contributed by atoms with Crippen LogP contribution >= 0.6 is 0 Å². The lowest BCUT2D eigenvalue weighted by molar-refractivity contribution is -0.131. The number of ether oxygens (including phenoxy) is 1. The van der Waals surface area contributed by atoms with Gasteiger partial charge in [-0.1, -0.05) is 6.07 Å². The zero-order valence-electron chi connectivity index (χ0n) is 11.7. The number of nitrogens with zero attached hydrogens (tertiary/aromatic N) is 1. The first kappa shape index (κ1) is 15.2. The molecule has 0 radical (unpaired) electrons. The summed E-state index contributed by atoms with van der Waals surface area (Å²) in [5.74, 6) is -0.932. The van der Waals surface area contributed by atoms with Crippen molar-refractivity contribution >= 4 is 17.7 Å². The Labute approximate surface area is 114 Å². The predicted octanol–water partition coefficient (Wildman–Crippen LogP) is 2.57. The molecule has 0 fully saturated rings. The van der Waals surface area contributed by atoms with Crippen LogP contribution in [0.2, 0.25) is 0 Å². The van der Waals surface area contributed by atoms with Crippen LogP contribution in [0.3, 0.4) is 0 Å². The number of aryl methyl sites for hydroxylation is 1. The molecule has 4 nitrogen and oxygen atoms in total. The first-order valence-corrected chi connectivity index (χ1v) is 6.26. The van der Waals surface area contributed by atoms with Gasteiger partial charge >= 0.3 is 5.97 Å². The Kier molecular flexibility index (Phi) is 6.09. The van der Waals surface area contributed by atoms with Crippen molar-refractivity contribution in [2.24, 2.45) is 0 Å². The van der Waals surface area contributed by atoms with Crippen molar-refractivity contribution in [2.75, 3.05) is 32.2 Å². The third-order valence-corrected chi connectivity index (χ3v) is 2.89. The summed E-state index contributed by atoms with van der Waals surface area (Å²) in [5.41, 5.74) is 3.19. The van der Waals surface area contributed by atoms with Crippen LogP contribution < -0.4 is 4.90 Å². The number of benzene rings is 1. The topological polar surface area (TPSA) is 49.8 Å². The van der Waals surface area contributed by atoms with E-state index in [1.165, 1.54) is 0 Å². The molecule has 0 spiro atoms. The molecule has 1 aromatic carbocycles. The van der Waals surface area contributed by atoms with E-state index in [9.17, 15) is 4.79 Å². The zero-order chi connectivity index (χ0) is 14.3. The van der Waals surface area contributed by atoms with E-state index in [1.807, 2.05) is 32.2 Å². The van der Waals surface area contributed by atoms with E-state index in [0.29, 0.717) is 0 Å². The van der Waals surface area contributed by atoms with Gasteiger partial charge in [0.1, 0.15) is 0 Å². The normalized spacial score (nSPS) is 10.9. The van der Waals surface area contributed by atoms with Crippen LogP contribution in [0, 0.1) is 6.92 Å². The van der Waals surface area contributed by atoms with Crippen molar-refractivity contribution < 1.29 is 14.6 Å². The van der Waals surface area contributed by atoms with Crippen LogP contribution in [0.1, 0.15) is 17.5 Å². The summed E-state index contributed by atoms with van der Waals surface area (Å²) in [6.07, 6.45) is 3.73. The number of carboxylic acid groups (broad SMARTS) is 1. The molecule has 104 valence electrons. The van der Waals surface area contributed by atoms with Crippen LogP contribution in [0.5, 0.6) is 0 Å². The number of anilines is 1. The monoisotopic (exact) mass is 263 g/mol. The Balaban J connectivity index is 2.73. The molecule has 1 rings (SSSR count). The maximum atomic E-state index is 10.5. The Morgan fingerprint density at radius 1 is 1.47 bits per heavy atom. The second-order valence-corrected chi connectivity index (χ2v) is 4.49. The number of hydrogen-bond donors (Lipinski definition) is 1. The van der Waals surface area contributed by atoms with E-state index in [0.717, 1.165) is 42.5 Å². The van der Waals surface area contributed by atoms with E-state index in [4.69, 9.17) is 9.84 Å². The number of rotatable bonds is 7. The SMILES string of the molecule is COCCCN(C)c1ccc(/C=C/C(=O)O)cc1C. The van der Waals surface area contributed by atoms with Gasteiger partial charge in [0.05, 0.1) is 0 Å². The minimum absolute atomic E-state index is 0.753. The van der Waals surface area contributed by atoms with Crippen LogP contribution in [0.25, 0.3) is 6.08 Å². The van der Waals surface area contributed by atoms with Gasteiger partial charge in [-0.05, 0) is 42.7 Å². The summed E-state index contributed by atoms with van der Waals surface area (Å²) in [7, 11) is 3.75. The molecule has 0 bridgehead atoms. The fourth-order valence-corrected chi connectivity index (χ4v) is 1.94. The second kappa shape index (κ2) is 7.59. The lowest BCUT2D eigenvalue weighted by Crippen LogP contribution is -2.20. The molecule has 0 heterocycles. The number of carbonyl (C=O) groups is 1. The van der Waals surface area contributed by atoms with E-state index in [1.54, 1.807) is 13.2 Å². The molecule has 1 N–H and O–H groups in total. The average Bonchev–Trinajstić information content (AvgIpc) is 2.36. The molecule has 0 saturated heterocycles. The second-order valence-electron chi connectivity index (χ2n) is 4.49. The van der Waals surface area contributed by atoms with Crippen LogP contribution in [-0.4, -0.2) is 38.4 Å². The lowest BCUT2D eigenvalue weighted by Gasteiger charge is -2.21. The quantitative estimate of drug-likeness (QED) is 0.607.